The number of nitrogens with zero attached hydrogens (tertiary/aromatic N) is 5. The maximum atomic E-state index is 12.1. The summed E-state index contributed by atoms with van der Waals surface area (Å²) in [5, 5.41) is 39.0. The molecule has 0 aliphatic rings. The summed E-state index contributed by atoms with van der Waals surface area (Å²) in [5.41, 5.74) is -1.07. The van der Waals surface area contributed by atoms with Gasteiger partial charge in [0.1, 0.15) is 5.56 Å². The highest BCUT2D eigenvalue weighted by atomic mass is 16.6. The minimum absolute atomic E-state index is 0.156. The van der Waals surface area contributed by atoms with Crippen LogP contribution in [0.5, 0.6) is 0 Å². The molecule has 1 N–H and O–H groups in total. The number of carbonyl (C=O) groups is 1. The SMILES string of the molecule is Cc1cc([N+](=O)[O-])n(CC(=O)Nc2cc([N+](=O)[O-])c(C)c([N+](=O)[O-])c2)n1. The average Bonchev–Trinajstić information content (AvgIpc) is 2.88. The van der Waals surface area contributed by atoms with Gasteiger partial charge in [0.25, 0.3) is 17.3 Å². The predicted molar refractivity (Wildman–Crippen MR) is 86.7 cm³/mol. The Balaban J connectivity index is 2.31. The molecule has 0 unspecified atom stereocenters. The monoisotopic (exact) mass is 364 g/mol. The molecule has 0 atom stereocenters. The maximum absolute atomic E-state index is 12.1. The van der Waals surface area contributed by atoms with E-state index in [1.165, 1.54) is 19.9 Å². The zero-order valence-electron chi connectivity index (χ0n) is 13.5. The normalized spacial score (nSPS) is 10.4. The van der Waals surface area contributed by atoms with Gasteiger partial charge < -0.3 is 15.4 Å². The molecule has 2 rings (SSSR count). The van der Waals surface area contributed by atoms with E-state index in [1.807, 2.05) is 0 Å². The number of hydrogen-bond donors (Lipinski definition) is 1. The first-order valence-electron chi connectivity index (χ1n) is 7.02. The second-order valence-electron chi connectivity index (χ2n) is 5.26. The molecule has 0 spiro atoms. The number of aromatic nitrogens is 2. The fourth-order valence-corrected chi connectivity index (χ4v) is 2.27. The molecule has 13 nitrogen and oxygen atoms in total. The first-order valence-corrected chi connectivity index (χ1v) is 7.02. The van der Waals surface area contributed by atoms with Gasteiger partial charge in [0.2, 0.25) is 0 Å². The van der Waals surface area contributed by atoms with E-state index in [2.05, 4.69) is 10.4 Å². The van der Waals surface area contributed by atoms with Gasteiger partial charge in [-0.05, 0) is 18.8 Å². The number of nitro groups is 3. The maximum Gasteiger partial charge on any atom is 0.345 e. The van der Waals surface area contributed by atoms with Crippen LogP contribution in [-0.4, -0.2) is 30.5 Å². The van der Waals surface area contributed by atoms with Gasteiger partial charge in [0.15, 0.2) is 6.54 Å². The Labute approximate surface area is 144 Å². The van der Waals surface area contributed by atoms with Crippen molar-refractivity contribution >= 4 is 28.8 Å². The highest BCUT2D eigenvalue weighted by Crippen LogP contribution is 2.31. The molecular weight excluding hydrogens is 352 g/mol. The smallest absolute Gasteiger partial charge is 0.345 e. The number of anilines is 1. The van der Waals surface area contributed by atoms with E-state index in [-0.39, 0.29) is 11.3 Å². The van der Waals surface area contributed by atoms with E-state index in [0.717, 1.165) is 16.8 Å². The van der Waals surface area contributed by atoms with Crippen LogP contribution in [0.15, 0.2) is 18.2 Å². The predicted octanol–water partition coefficient (Wildman–Crippen LogP) is 1.86. The minimum Gasteiger partial charge on any atom is -0.358 e. The molecule has 2 aromatic rings. The summed E-state index contributed by atoms with van der Waals surface area (Å²) in [4.78, 5) is 42.7. The zero-order chi connectivity index (χ0) is 19.6. The fraction of sp³-hybridized carbons (Fsp3) is 0.231. The van der Waals surface area contributed by atoms with Crippen LogP contribution < -0.4 is 5.32 Å². The van der Waals surface area contributed by atoms with Crippen molar-refractivity contribution in [1.82, 2.24) is 9.78 Å². The van der Waals surface area contributed by atoms with Crippen LogP contribution in [0.3, 0.4) is 0 Å². The van der Waals surface area contributed by atoms with Crippen LogP contribution >= 0.6 is 0 Å². The topological polar surface area (TPSA) is 176 Å². The Hall–Kier alpha value is -3.90. The van der Waals surface area contributed by atoms with E-state index in [4.69, 9.17) is 0 Å². The molecule has 0 aliphatic heterocycles. The lowest BCUT2D eigenvalue weighted by Crippen LogP contribution is -2.20. The van der Waals surface area contributed by atoms with E-state index in [0.29, 0.717) is 5.69 Å². The standard InChI is InChI=1S/C13H12N6O7/c1-7-3-13(19(25)26)16(15-7)6-12(20)14-9-4-10(17(21)22)8(2)11(5-9)18(23)24/h3-5H,6H2,1-2H3,(H,14,20). The molecule has 1 amide bonds. The summed E-state index contributed by atoms with van der Waals surface area (Å²) in [6.45, 7) is 2.19. The molecular formula is C13H12N6O7. The van der Waals surface area contributed by atoms with Crippen molar-refractivity contribution in [3.63, 3.8) is 0 Å². The van der Waals surface area contributed by atoms with Crippen LogP contribution in [-0.2, 0) is 11.3 Å². The first-order chi connectivity index (χ1) is 12.1. The number of carbonyl (C=O) groups excluding carboxylic acids is 1. The molecule has 0 bridgehead atoms. The molecule has 1 heterocycles. The van der Waals surface area contributed by atoms with Crippen molar-refractivity contribution < 1.29 is 19.6 Å². The van der Waals surface area contributed by atoms with E-state index < -0.39 is 44.4 Å². The van der Waals surface area contributed by atoms with Crippen molar-refractivity contribution in [2.75, 3.05) is 5.32 Å². The van der Waals surface area contributed by atoms with Crippen LogP contribution in [0.4, 0.5) is 22.9 Å². The highest BCUT2D eigenvalue weighted by Gasteiger charge is 2.25. The fourth-order valence-electron chi connectivity index (χ4n) is 2.27. The van der Waals surface area contributed by atoms with Crippen molar-refractivity contribution in [3.05, 3.63) is 59.8 Å². The van der Waals surface area contributed by atoms with Crippen LogP contribution in [0.2, 0.25) is 0 Å². The molecule has 0 fully saturated rings. The van der Waals surface area contributed by atoms with Gasteiger partial charge in [0.05, 0.1) is 27.3 Å². The van der Waals surface area contributed by atoms with Crippen LogP contribution in [0.1, 0.15) is 11.3 Å². The van der Waals surface area contributed by atoms with Gasteiger partial charge in [-0.3, -0.25) is 25.0 Å². The van der Waals surface area contributed by atoms with Gasteiger partial charge in [0, 0.05) is 12.1 Å². The molecule has 0 aliphatic carbocycles. The summed E-state index contributed by atoms with van der Waals surface area (Å²) in [5.74, 6) is -1.19. The molecule has 1 aromatic carbocycles. The number of hydrogen-bond acceptors (Lipinski definition) is 8. The number of aryl methyl sites for hydroxylation is 1. The summed E-state index contributed by atoms with van der Waals surface area (Å²) in [6.07, 6.45) is 0. The first kappa shape index (κ1) is 18.4. The third-order valence-corrected chi connectivity index (χ3v) is 3.39. The van der Waals surface area contributed by atoms with Crippen molar-refractivity contribution in [3.8, 4) is 0 Å². The average molecular weight is 364 g/mol. The number of amides is 1. The highest BCUT2D eigenvalue weighted by molar-refractivity contribution is 5.91. The Morgan fingerprint density at radius 1 is 1.04 bits per heavy atom. The molecule has 0 radical (unpaired) electrons. The summed E-state index contributed by atoms with van der Waals surface area (Å²) >= 11 is 0. The van der Waals surface area contributed by atoms with Crippen molar-refractivity contribution in [2.24, 2.45) is 0 Å². The molecule has 0 saturated heterocycles. The third-order valence-electron chi connectivity index (χ3n) is 3.39. The van der Waals surface area contributed by atoms with Crippen LogP contribution in [0.25, 0.3) is 0 Å². The minimum atomic E-state index is -0.806. The number of rotatable bonds is 6. The van der Waals surface area contributed by atoms with Crippen molar-refractivity contribution in [2.45, 2.75) is 20.4 Å². The lowest BCUT2D eigenvalue weighted by Gasteiger charge is -2.06. The van der Waals surface area contributed by atoms with Crippen molar-refractivity contribution in [1.29, 1.82) is 0 Å². The van der Waals surface area contributed by atoms with Gasteiger partial charge in [-0.25, -0.2) is 0 Å². The second-order valence-corrected chi connectivity index (χ2v) is 5.26. The summed E-state index contributed by atoms with van der Waals surface area (Å²) in [6, 6.07) is 3.13. The largest absolute Gasteiger partial charge is 0.358 e. The Morgan fingerprint density at radius 2 is 1.58 bits per heavy atom. The quantitative estimate of drug-likeness (QED) is 0.596. The molecule has 136 valence electrons. The number of benzene rings is 1. The van der Waals surface area contributed by atoms with Crippen LogP contribution in [0, 0.1) is 44.2 Å². The lowest BCUT2D eigenvalue weighted by molar-refractivity contribution is -0.395. The second kappa shape index (κ2) is 6.92. The van der Waals surface area contributed by atoms with Gasteiger partial charge in [-0.1, -0.05) is 5.10 Å². The number of nitro benzene ring substituents is 2. The molecule has 26 heavy (non-hydrogen) atoms. The van der Waals surface area contributed by atoms with E-state index in [1.54, 1.807) is 0 Å². The van der Waals surface area contributed by atoms with Gasteiger partial charge >= 0.3 is 5.82 Å². The zero-order valence-corrected chi connectivity index (χ0v) is 13.5. The summed E-state index contributed by atoms with van der Waals surface area (Å²) in [7, 11) is 0. The Bertz CT molecular complexity index is 900. The Kier molecular flexibility index (Phi) is 4.91. The third kappa shape index (κ3) is 3.77. The van der Waals surface area contributed by atoms with Gasteiger partial charge in [-0.2, -0.15) is 0 Å². The van der Waals surface area contributed by atoms with E-state index >= 15 is 0 Å². The molecule has 0 saturated carbocycles. The van der Waals surface area contributed by atoms with Gasteiger partial charge in [-0.15, -0.1) is 4.68 Å². The molecule has 1 aromatic heterocycles. The molecule has 13 heteroatoms. The summed E-state index contributed by atoms with van der Waals surface area (Å²) < 4.78 is 0.849. The lowest BCUT2D eigenvalue weighted by atomic mass is 10.1. The number of nitrogens with one attached hydrogen (secondary N) is 1. The Morgan fingerprint density at radius 3 is 2.04 bits per heavy atom. The van der Waals surface area contributed by atoms with E-state index in [9.17, 15) is 35.1 Å².